The van der Waals surface area contributed by atoms with E-state index in [4.69, 9.17) is 0 Å². The zero-order valence-corrected chi connectivity index (χ0v) is 10.5. The summed E-state index contributed by atoms with van der Waals surface area (Å²) in [6.07, 6.45) is 5.98. The van der Waals surface area contributed by atoms with Crippen LogP contribution >= 0.6 is 0 Å². The molecule has 18 heavy (non-hydrogen) atoms. The molecule has 4 rings (SSSR count). The van der Waals surface area contributed by atoms with Crippen molar-refractivity contribution in [2.75, 3.05) is 6.54 Å². The molecule has 0 bridgehead atoms. The number of likely N-dealkylation sites (tertiary alicyclic amines) is 1. The highest BCUT2D eigenvalue weighted by atomic mass is 16.3. The summed E-state index contributed by atoms with van der Waals surface area (Å²) in [5.41, 5.74) is 2.28. The summed E-state index contributed by atoms with van der Waals surface area (Å²) in [6.45, 7) is 1.21. The van der Waals surface area contributed by atoms with Gasteiger partial charge in [0.1, 0.15) is 0 Å². The van der Waals surface area contributed by atoms with Crippen molar-refractivity contribution in [2.24, 2.45) is 0 Å². The van der Waals surface area contributed by atoms with E-state index in [-0.39, 0.29) is 11.5 Å². The summed E-state index contributed by atoms with van der Waals surface area (Å²) in [6, 6.07) is 5.19. The van der Waals surface area contributed by atoms with Crippen molar-refractivity contribution in [3.63, 3.8) is 0 Å². The minimum absolute atomic E-state index is 0.0317. The molecule has 0 aromatic heterocycles. The smallest absolute Gasteiger partial charge is 0.160 e. The molecule has 2 fully saturated rings. The minimum Gasteiger partial charge on any atom is -0.504 e. The van der Waals surface area contributed by atoms with Crippen LogP contribution in [0.5, 0.6) is 11.5 Å². The molecule has 0 radical (unpaired) electrons. The van der Waals surface area contributed by atoms with Gasteiger partial charge in [-0.25, -0.2) is 0 Å². The fourth-order valence-electron chi connectivity index (χ4n) is 4.01. The number of phenolic OH excluding ortho intramolecular Hbond substituents is 2. The van der Waals surface area contributed by atoms with E-state index in [0.717, 1.165) is 24.4 Å². The number of hydrogen-bond donors (Lipinski definition) is 2. The lowest BCUT2D eigenvalue weighted by atomic mass is 9.79. The van der Waals surface area contributed by atoms with Crippen LogP contribution in [0.3, 0.4) is 0 Å². The molecule has 96 valence electrons. The summed E-state index contributed by atoms with van der Waals surface area (Å²) >= 11 is 0. The van der Waals surface area contributed by atoms with E-state index in [2.05, 4.69) is 4.90 Å². The molecule has 3 heteroatoms. The van der Waals surface area contributed by atoms with E-state index < -0.39 is 0 Å². The Balaban J connectivity index is 1.72. The average Bonchev–Trinajstić information content (AvgIpc) is 3.13. The summed E-state index contributed by atoms with van der Waals surface area (Å²) < 4.78 is 0. The van der Waals surface area contributed by atoms with Crippen molar-refractivity contribution in [2.45, 2.75) is 50.1 Å². The predicted octanol–water partition coefficient (Wildman–Crippen LogP) is 2.36. The molecule has 2 atom stereocenters. The first-order chi connectivity index (χ1) is 8.75. The van der Waals surface area contributed by atoms with Crippen molar-refractivity contribution < 1.29 is 10.2 Å². The molecule has 0 unspecified atom stereocenters. The van der Waals surface area contributed by atoms with Gasteiger partial charge in [-0.3, -0.25) is 4.90 Å². The molecule has 1 saturated carbocycles. The molecule has 1 aliphatic heterocycles. The molecule has 0 amide bonds. The average molecular weight is 245 g/mol. The van der Waals surface area contributed by atoms with E-state index >= 15 is 0 Å². The van der Waals surface area contributed by atoms with Crippen molar-refractivity contribution in [3.05, 3.63) is 23.3 Å². The largest absolute Gasteiger partial charge is 0.504 e. The Bertz CT molecular complexity index is 496. The van der Waals surface area contributed by atoms with Crippen LogP contribution in [0.15, 0.2) is 12.1 Å². The number of fused-ring (bicyclic) bond motifs is 3. The van der Waals surface area contributed by atoms with Gasteiger partial charge in [0.15, 0.2) is 11.5 Å². The topological polar surface area (TPSA) is 43.7 Å². The lowest BCUT2D eigenvalue weighted by molar-refractivity contribution is 0.216. The first-order valence-electron chi connectivity index (χ1n) is 7.05. The van der Waals surface area contributed by atoms with Crippen LogP contribution in [-0.4, -0.2) is 33.7 Å². The second-order valence-corrected chi connectivity index (χ2v) is 5.97. The van der Waals surface area contributed by atoms with Gasteiger partial charge in [0, 0.05) is 23.6 Å². The monoisotopic (exact) mass is 245 g/mol. The van der Waals surface area contributed by atoms with Gasteiger partial charge in [-0.1, -0.05) is 6.07 Å². The number of nitrogens with zero attached hydrogens (tertiary/aromatic N) is 1. The molecule has 1 aromatic carbocycles. The number of rotatable bonds is 1. The molecule has 2 aliphatic carbocycles. The van der Waals surface area contributed by atoms with E-state index in [1.165, 1.54) is 31.4 Å². The lowest BCUT2D eigenvalue weighted by Gasteiger charge is -2.33. The fourth-order valence-corrected chi connectivity index (χ4v) is 4.01. The van der Waals surface area contributed by atoms with E-state index in [1.54, 1.807) is 6.07 Å². The SMILES string of the molecule is Oc1ccc2c(c1O)CC[C@@H]1[C@@H]2CCN1C1CC1. The zero-order chi connectivity index (χ0) is 12.3. The van der Waals surface area contributed by atoms with E-state index in [0.29, 0.717) is 12.0 Å². The van der Waals surface area contributed by atoms with Gasteiger partial charge in [-0.15, -0.1) is 0 Å². The van der Waals surface area contributed by atoms with Crippen LogP contribution in [0.2, 0.25) is 0 Å². The van der Waals surface area contributed by atoms with Gasteiger partial charge in [0.2, 0.25) is 0 Å². The van der Waals surface area contributed by atoms with Gasteiger partial charge in [-0.2, -0.15) is 0 Å². The third-order valence-corrected chi connectivity index (χ3v) is 4.99. The van der Waals surface area contributed by atoms with E-state index in [1.807, 2.05) is 6.07 Å². The lowest BCUT2D eigenvalue weighted by Crippen LogP contribution is -2.36. The molecule has 1 aromatic rings. The Hall–Kier alpha value is -1.22. The number of aromatic hydroxyl groups is 2. The maximum absolute atomic E-state index is 9.99. The van der Waals surface area contributed by atoms with Crippen LogP contribution in [-0.2, 0) is 6.42 Å². The standard InChI is InChI=1S/C15H19NO2/c17-14-6-4-10-11-7-8-16(9-1-2-9)13(11)5-3-12(10)15(14)18/h4,6,9,11,13,17-18H,1-3,5,7-8H2/t11-,13-/m1/s1. The predicted molar refractivity (Wildman–Crippen MR) is 69.0 cm³/mol. The van der Waals surface area contributed by atoms with Crippen molar-refractivity contribution in [3.8, 4) is 11.5 Å². The fraction of sp³-hybridized carbons (Fsp3) is 0.600. The van der Waals surface area contributed by atoms with Crippen LogP contribution in [0.1, 0.15) is 42.7 Å². The van der Waals surface area contributed by atoms with Crippen molar-refractivity contribution in [1.82, 2.24) is 4.90 Å². The van der Waals surface area contributed by atoms with Gasteiger partial charge >= 0.3 is 0 Å². The second kappa shape index (κ2) is 3.64. The summed E-state index contributed by atoms with van der Waals surface area (Å²) in [5, 5.41) is 19.6. The van der Waals surface area contributed by atoms with E-state index in [9.17, 15) is 10.2 Å². The molecule has 1 saturated heterocycles. The van der Waals surface area contributed by atoms with Crippen molar-refractivity contribution in [1.29, 1.82) is 0 Å². The maximum Gasteiger partial charge on any atom is 0.160 e. The second-order valence-electron chi connectivity index (χ2n) is 5.97. The Labute approximate surface area is 107 Å². The van der Waals surface area contributed by atoms with Gasteiger partial charge in [0.05, 0.1) is 0 Å². The highest BCUT2D eigenvalue weighted by Crippen LogP contribution is 2.48. The highest BCUT2D eigenvalue weighted by molar-refractivity contribution is 5.52. The Morgan fingerprint density at radius 3 is 2.67 bits per heavy atom. The maximum atomic E-state index is 9.99. The Kier molecular flexibility index (Phi) is 2.16. The summed E-state index contributed by atoms with van der Waals surface area (Å²) in [7, 11) is 0. The van der Waals surface area contributed by atoms with Gasteiger partial charge < -0.3 is 10.2 Å². The van der Waals surface area contributed by atoms with Crippen molar-refractivity contribution >= 4 is 0 Å². The molecular formula is C15H19NO2. The Morgan fingerprint density at radius 1 is 1.06 bits per heavy atom. The third-order valence-electron chi connectivity index (χ3n) is 4.99. The molecule has 3 nitrogen and oxygen atoms in total. The number of benzene rings is 1. The first-order valence-corrected chi connectivity index (χ1v) is 7.05. The van der Waals surface area contributed by atoms with Gasteiger partial charge in [-0.05, 0) is 50.3 Å². The Morgan fingerprint density at radius 2 is 1.89 bits per heavy atom. The van der Waals surface area contributed by atoms with Crippen LogP contribution in [0.25, 0.3) is 0 Å². The molecule has 2 N–H and O–H groups in total. The normalized spacial score (nSPS) is 31.1. The first kappa shape index (κ1) is 10.7. The van der Waals surface area contributed by atoms with Gasteiger partial charge in [0.25, 0.3) is 0 Å². The molecule has 0 spiro atoms. The van der Waals surface area contributed by atoms with Crippen LogP contribution < -0.4 is 0 Å². The summed E-state index contributed by atoms with van der Waals surface area (Å²) in [4.78, 5) is 2.69. The quantitative estimate of drug-likeness (QED) is 0.746. The van der Waals surface area contributed by atoms with Crippen LogP contribution in [0.4, 0.5) is 0 Å². The minimum atomic E-state index is 0.0317. The van der Waals surface area contributed by atoms with Crippen LogP contribution in [0, 0.1) is 0 Å². The highest BCUT2D eigenvalue weighted by Gasteiger charge is 2.44. The number of phenols is 2. The number of hydrogen-bond acceptors (Lipinski definition) is 3. The molecule has 1 heterocycles. The summed E-state index contributed by atoms with van der Waals surface area (Å²) in [5.74, 6) is 0.723. The third kappa shape index (κ3) is 1.40. The molecule has 3 aliphatic rings. The molecular weight excluding hydrogens is 226 g/mol. The zero-order valence-electron chi connectivity index (χ0n) is 10.5.